The number of thiophene rings is 1. The van der Waals surface area contributed by atoms with Gasteiger partial charge in [-0.1, -0.05) is 0 Å². The van der Waals surface area contributed by atoms with Gasteiger partial charge in [-0.2, -0.15) is 11.3 Å². The molecule has 90 valence electrons. The highest BCUT2D eigenvalue weighted by Gasteiger charge is 2.28. The molecule has 1 aliphatic rings. The number of anilines is 1. The molecule has 1 aliphatic heterocycles. The Morgan fingerprint density at radius 2 is 1.94 bits per heavy atom. The molecule has 0 bridgehead atoms. The van der Waals surface area contributed by atoms with Crippen molar-refractivity contribution < 1.29 is 9.59 Å². The second-order valence-electron chi connectivity index (χ2n) is 4.31. The van der Waals surface area contributed by atoms with Gasteiger partial charge < -0.3 is 4.90 Å². The molecule has 3 nitrogen and oxygen atoms in total. The van der Waals surface area contributed by atoms with Gasteiger partial charge in [0.1, 0.15) is 0 Å². The van der Waals surface area contributed by atoms with E-state index < -0.39 is 0 Å². The van der Waals surface area contributed by atoms with Crippen LogP contribution in [0.25, 0.3) is 0 Å². The Kier molecular flexibility index (Phi) is 2.52. The van der Waals surface area contributed by atoms with Crippen LogP contribution in [0, 0.1) is 0 Å². The molecule has 2 aromatic rings. The third kappa shape index (κ3) is 1.66. The third-order valence-corrected chi connectivity index (χ3v) is 3.92. The normalized spacial score (nSPS) is 13.8. The van der Waals surface area contributed by atoms with E-state index in [1.807, 2.05) is 22.9 Å². The Bertz CT molecular complexity index is 627. The fraction of sp³-hybridized carbons (Fsp3) is 0.143. The summed E-state index contributed by atoms with van der Waals surface area (Å²) in [5.41, 5.74) is 3.39. The van der Waals surface area contributed by atoms with Crippen LogP contribution in [0.15, 0.2) is 35.0 Å². The Balaban J connectivity index is 1.91. The number of ketones is 1. The molecule has 0 atom stereocenters. The average Bonchev–Trinajstić information content (AvgIpc) is 2.93. The molecule has 0 aliphatic carbocycles. The molecule has 0 fully saturated rings. The zero-order valence-electron chi connectivity index (χ0n) is 9.84. The number of fused-ring (bicyclic) bond motifs is 1. The molecule has 0 radical (unpaired) electrons. The zero-order valence-corrected chi connectivity index (χ0v) is 10.7. The lowest BCUT2D eigenvalue weighted by Gasteiger charge is -2.16. The summed E-state index contributed by atoms with van der Waals surface area (Å²) in [6.45, 7) is 2.16. The van der Waals surface area contributed by atoms with Crippen molar-refractivity contribution in [2.45, 2.75) is 13.5 Å². The van der Waals surface area contributed by atoms with Gasteiger partial charge in [0.15, 0.2) is 5.78 Å². The first-order valence-electron chi connectivity index (χ1n) is 5.65. The summed E-state index contributed by atoms with van der Waals surface area (Å²) in [5.74, 6) is 0.0785. The summed E-state index contributed by atoms with van der Waals surface area (Å²) in [6.07, 6.45) is 0. The summed E-state index contributed by atoms with van der Waals surface area (Å²) in [5, 5.41) is 3.90. The topological polar surface area (TPSA) is 37.4 Å². The van der Waals surface area contributed by atoms with Gasteiger partial charge in [0.25, 0.3) is 5.91 Å². The number of carbonyl (C=O) groups excluding carboxylic acids is 2. The van der Waals surface area contributed by atoms with Crippen molar-refractivity contribution in [3.05, 3.63) is 51.7 Å². The Hall–Kier alpha value is -1.94. The van der Waals surface area contributed by atoms with Gasteiger partial charge in [0.05, 0.1) is 12.1 Å². The zero-order chi connectivity index (χ0) is 12.7. The molecule has 0 spiro atoms. The molecular weight excluding hydrogens is 246 g/mol. The van der Waals surface area contributed by atoms with Crippen LogP contribution in [-0.4, -0.2) is 11.7 Å². The summed E-state index contributed by atoms with van der Waals surface area (Å²) in [6, 6.07) is 7.17. The van der Waals surface area contributed by atoms with Crippen molar-refractivity contribution in [1.82, 2.24) is 0 Å². The van der Waals surface area contributed by atoms with E-state index in [4.69, 9.17) is 0 Å². The summed E-state index contributed by atoms with van der Waals surface area (Å²) < 4.78 is 0. The van der Waals surface area contributed by atoms with Gasteiger partial charge >= 0.3 is 0 Å². The second kappa shape index (κ2) is 4.07. The highest BCUT2D eigenvalue weighted by molar-refractivity contribution is 7.08. The van der Waals surface area contributed by atoms with Crippen molar-refractivity contribution in [1.29, 1.82) is 0 Å². The highest BCUT2D eigenvalue weighted by Crippen LogP contribution is 2.30. The Morgan fingerprint density at radius 1 is 1.22 bits per heavy atom. The molecule has 18 heavy (non-hydrogen) atoms. The van der Waals surface area contributed by atoms with E-state index in [-0.39, 0.29) is 11.7 Å². The van der Waals surface area contributed by atoms with Gasteiger partial charge in [0.2, 0.25) is 0 Å². The molecule has 0 unspecified atom stereocenters. The number of carbonyl (C=O) groups is 2. The number of hydrogen-bond donors (Lipinski definition) is 0. The van der Waals surface area contributed by atoms with Crippen LogP contribution in [-0.2, 0) is 6.54 Å². The van der Waals surface area contributed by atoms with Crippen molar-refractivity contribution in [3.8, 4) is 0 Å². The smallest absolute Gasteiger partial charge is 0.259 e. The van der Waals surface area contributed by atoms with Gasteiger partial charge in [0, 0.05) is 16.6 Å². The van der Waals surface area contributed by atoms with E-state index in [0.717, 1.165) is 16.8 Å². The number of Topliss-reactive ketones (excluding diaryl/α,β-unsaturated/α-hetero) is 1. The molecule has 3 rings (SSSR count). The predicted octanol–water partition coefficient (Wildman–Crippen LogP) is 3.11. The summed E-state index contributed by atoms with van der Waals surface area (Å²) >= 11 is 1.56. The SMILES string of the molecule is CC(=O)c1ccc(N2Cc3cscc3C2=O)cc1. The number of rotatable bonds is 2. The molecular formula is C14H11NO2S. The largest absolute Gasteiger partial charge is 0.304 e. The Morgan fingerprint density at radius 3 is 2.56 bits per heavy atom. The first-order chi connectivity index (χ1) is 8.66. The van der Waals surface area contributed by atoms with Gasteiger partial charge in [-0.15, -0.1) is 0 Å². The van der Waals surface area contributed by atoms with Crippen LogP contribution in [0.4, 0.5) is 5.69 Å². The van der Waals surface area contributed by atoms with E-state index >= 15 is 0 Å². The van der Waals surface area contributed by atoms with Gasteiger partial charge in [-0.3, -0.25) is 9.59 Å². The Labute approximate surface area is 109 Å². The predicted molar refractivity (Wildman–Crippen MR) is 71.3 cm³/mol. The highest BCUT2D eigenvalue weighted by atomic mass is 32.1. The molecule has 0 N–H and O–H groups in total. The summed E-state index contributed by atoms with van der Waals surface area (Å²) in [4.78, 5) is 25.1. The van der Waals surface area contributed by atoms with Crippen molar-refractivity contribution in [3.63, 3.8) is 0 Å². The van der Waals surface area contributed by atoms with E-state index in [1.54, 1.807) is 28.4 Å². The molecule has 0 saturated carbocycles. The lowest BCUT2D eigenvalue weighted by molar-refractivity contribution is 0.0994. The van der Waals surface area contributed by atoms with Gasteiger partial charge in [-0.25, -0.2) is 0 Å². The maximum atomic E-state index is 12.1. The lowest BCUT2D eigenvalue weighted by atomic mass is 10.1. The fourth-order valence-corrected chi connectivity index (χ4v) is 2.93. The lowest BCUT2D eigenvalue weighted by Crippen LogP contribution is -2.23. The van der Waals surface area contributed by atoms with Crippen LogP contribution in [0.2, 0.25) is 0 Å². The minimum absolute atomic E-state index is 0.0352. The van der Waals surface area contributed by atoms with Crippen molar-refractivity contribution in [2.75, 3.05) is 4.90 Å². The van der Waals surface area contributed by atoms with Crippen LogP contribution in [0.3, 0.4) is 0 Å². The number of hydrogen-bond acceptors (Lipinski definition) is 3. The molecule has 1 amide bonds. The molecule has 2 heterocycles. The maximum Gasteiger partial charge on any atom is 0.259 e. The fourth-order valence-electron chi connectivity index (χ4n) is 2.11. The molecule has 1 aromatic carbocycles. The first-order valence-corrected chi connectivity index (χ1v) is 6.59. The maximum absolute atomic E-state index is 12.1. The van der Waals surface area contributed by atoms with Crippen molar-refractivity contribution >= 4 is 28.7 Å². The van der Waals surface area contributed by atoms with E-state index in [2.05, 4.69) is 0 Å². The van der Waals surface area contributed by atoms with E-state index in [1.165, 1.54) is 6.92 Å². The second-order valence-corrected chi connectivity index (χ2v) is 5.05. The van der Waals surface area contributed by atoms with Crippen LogP contribution < -0.4 is 4.90 Å². The molecule has 0 saturated heterocycles. The first kappa shape index (κ1) is 11.2. The number of nitrogens with zero attached hydrogens (tertiary/aromatic N) is 1. The van der Waals surface area contributed by atoms with Crippen molar-refractivity contribution in [2.24, 2.45) is 0 Å². The quantitative estimate of drug-likeness (QED) is 0.775. The van der Waals surface area contributed by atoms with Crippen LogP contribution >= 0.6 is 11.3 Å². The van der Waals surface area contributed by atoms with E-state index in [9.17, 15) is 9.59 Å². The number of amides is 1. The minimum Gasteiger partial charge on any atom is -0.304 e. The average molecular weight is 257 g/mol. The summed E-state index contributed by atoms with van der Waals surface area (Å²) in [7, 11) is 0. The molecule has 1 aromatic heterocycles. The third-order valence-electron chi connectivity index (χ3n) is 3.13. The van der Waals surface area contributed by atoms with Crippen LogP contribution in [0.5, 0.6) is 0 Å². The minimum atomic E-state index is 0.0352. The van der Waals surface area contributed by atoms with Gasteiger partial charge in [-0.05, 0) is 42.1 Å². The van der Waals surface area contributed by atoms with Crippen LogP contribution in [0.1, 0.15) is 33.2 Å². The molecule has 4 heteroatoms. The number of benzene rings is 1. The standard InChI is InChI=1S/C14H11NO2S/c1-9(16)10-2-4-12(5-3-10)15-6-11-7-18-8-13(11)14(15)17/h2-5,7-8H,6H2,1H3. The van der Waals surface area contributed by atoms with E-state index in [0.29, 0.717) is 12.1 Å². The monoisotopic (exact) mass is 257 g/mol.